The molecule has 1 amide bonds. The van der Waals surface area contributed by atoms with Crippen molar-refractivity contribution in [2.24, 2.45) is 0 Å². The van der Waals surface area contributed by atoms with Gasteiger partial charge in [-0.1, -0.05) is 0 Å². The minimum absolute atomic E-state index is 0.0549. The molecule has 2 aromatic rings. The summed E-state index contributed by atoms with van der Waals surface area (Å²) in [5, 5.41) is 12.8. The van der Waals surface area contributed by atoms with Gasteiger partial charge in [0, 0.05) is 30.3 Å². The number of methoxy groups -OCH3 is 1. The molecule has 22 heavy (non-hydrogen) atoms. The number of aryl methyl sites for hydroxylation is 1. The molecule has 2 rings (SSSR count). The maximum absolute atomic E-state index is 12.2. The molecule has 0 saturated carbocycles. The van der Waals surface area contributed by atoms with Crippen molar-refractivity contribution < 1.29 is 19.4 Å². The molecule has 0 aliphatic carbocycles. The number of phenols is 1. The fraction of sp³-hybridized carbons (Fsp3) is 0.357. The quantitative estimate of drug-likeness (QED) is 0.846. The standard InChI is InChI=1S/C14H17N3O4S/c1-8(7-20-3)21-12-5-10(4-11(18)6-12)13(19)16-14-15-9(2)17-22-14/h4-6,8,18H,7H2,1-3H3,(H,15,16,17,19). The topological polar surface area (TPSA) is 93.6 Å². The van der Waals surface area contributed by atoms with Gasteiger partial charge in [-0.25, -0.2) is 4.98 Å². The van der Waals surface area contributed by atoms with Gasteiger partial charge in [0.2, 0.25) is 5.13 Å². The van der Waals surface area contributed by atoms with Crippen molar-refractivity contribution in [1.29, 1.82) is 0 Å². The molecule has 0 spiro atoms. The Morgan fingerprint density at radius 3 is 2.86 bits per heavy atom. The maximum Gasteiger partial charge on any atom is 0.257 e. The first-order valence-corrected chi connectivity index (χ1v) is 7.36. The van der Waals surface area contributed by atoms with Crippen molar-refractivity contribution in [2.75, 3.05) is 19.0 Å². The van der Waals surface area contributed by atoms with E-state index in [1.165, 1.54) is 12.1 Å². The lowest BCUT2D eigenvalue weighted by atomic mass is 10.2. The summed E-state index contributed by atoms with van der Waals surface area (Å²) in [5.74, 6) is 0.536. The summed E-state index contributed by atoms with van der Waals surface area (Å²) in [6, 6.07) is 4.35. The highest BCUT2D eigenvalue weighted by Gasteiger charge is 2.13. The minimum atomic E-state index is -0.392. The van der Waals surface area contributed by atoms with Crippen LogP contribution in [0.5, 0.6) is 11.5 Å². The van der Waals surface area contributed by atoms with Gasteiger partial charge in [-0.2, -0.15) is 4.37 Å². The maximum atomic E-state index is 12.2. The number of hydrogen-bond acceptors (Lipinski definition) is 7. The first-order valence-electron chi connectivity index (χ1n) is 6.59. The fourth-order valence-corrected chi connectivity index (χ4v) is 2.37. The molecule has 8 heteroatoms. The summed E-state index contributed by atoms with van der Waals surface area (Å²) in [5.41, 5.74) is 0.271. The lowest BCUT2D eigenvalue weighted by Gasteiger charge is -2.14. The van der Waals surface area contributed by atoms with E-state index in [1.54, 1.807) is 20.1 Å². The normalized spacial score (nSPS) is 12.0. The highest BCUT2D eigenvalue weighted by molar-refractivity contribution is 7.09. The van der Waals surface area contributed by atoms with Crippen LogP contribution in [0.15, 0.2) is 18.2 Å². The molecule has 118 valence electrons. The number of phenolic OH excluding ortho intramolecular Hbond substituents is 1. The molecule has 0 bridgehead atoms. The van der Waals surface area contributed by atoms with Crippen LogP contribution in [0.1, 0.15) is 23.1 Å². The number of aromatic hydroxyl groups is 1. The zero-order valence-electron chi connectivity index (χ0n) is 12.5. The zero-order chi connectivity index (χ0) is 16.1. The number of aromatic nitrogens is 2. The van der Waals surface area contributed by atoms with Gasteiger partial charge in [0.15, 0.2) is 0 Å². The number of nitrogens with zero attached hydrogens (tertiary/aromatic N) is 2. The molecule has 1 atom stereocenters. The second-order valence-electron chi connectivity index (χ2n) is 4.70. The van der Waals surface area contributed by atoms with Gasteiger partial charge in [0.25, 0.3) is 5.91 Å². The van der Waals surface area contributed by atoms with E-state index in [-0.39, 0.29) is 17.4 Å². The van der Waals surface area contributed by atoms with Gasteiger partial charge in [-0.3, -0.25) is 10.1 Å². The van der Waals surface area contributed by atoms with Crippen LogP contribution in [0, 0.1) is 6.92 Å². The van der Waals surface area contributed by atoms with Crippen molar-refractivity contribution in [3.63, 3.8) is 0 Å². The van der Waals surface area contributed by atoms with Crippen LogP contribution in [-0.4, -0.2) is 40.2 Å². The Balaban J connectivity index is 2.12. The van der Waals surface area contributed by atoms with Gasteiger partial charge in [-0.05, 0) is 26.0 Å². The number of nitrogens with one attached hydrogen (secondary N) is 1. The predicted octanol–water partition coefficient (Wildman–Crippen LogP) is 2.22. The second-order valence-corrected chi connectivity index (χ2v) is 5.45. The van der Waals surface area contributed by atoms with E-state index in [0.29, 0.717) is 23.3 Å². The number of carbonyl (C=O) groups excluding carboxylic acids is 1. The third kappa shape index (κ3) is 4.40. The van der Waals surface area contributed by atoms with Crippen LogP contribution in [0.25, 0.3) is 0 Å². The number of hydrogen-bond donors (Lipinski definition) is 2. The Labute approximate surface area is 132 Å². The third-order valence-corrected chi connectivity index (χ3v) is 3.36. The van der Waals surface area contributed by atoms with Crippen molar-refractivity contribution in [3.8, 4) is 11.5 Å². The highest BCUT2D eigenvalue weighted by atomic mass is 32.1. The molecule has 2 N–H and O–H groups in total. The Kier molecular flexibility index (Phi) is 5.29. The lowest BCUT2D eigenvalue weighted by molar-refractivity contribution is 0.0915. The summed E-state index contributed by atoms with van der Waals surface area (Å²) < 4.78 is 14.6. The number of anilines is 1. The molecular weight excluding hydrogens is 306 g/mol. The molecule has 1 unspecified atom stereocenters. The summed E-state index contributed by atoms with van der Waals surface area (Å²) in [6.07, 6.45) is -0.200. The van der Waals surface area contributed by atoms with Gasteiger partial charge >= 0.3 is 0 Å². The molecule has 1 aromatic heterocycles. The number of rotatable bonds is 6. The average Bonchev–Trinajstić information content (AvgIpc) is 2.83. The largest absolute Gasteiger partial charge is 0.508 e. The number of carbonyl (C=O) groups is 1. The third-order valence-electron chi connectivity index (χ3n) is 2.64. The van der Waals surface area contributed by atoms with E-state index in [4.69, 9.17) is 9.47 Å². The SMILES string of the molecule is COCC(C)Oc1cc(O)cc(C(=O)Nc2nc(C)ns2)c1. The van der Waals surface area contributed by atoms with Gasteiger partial charge < -0.3 is 14.6 Å². The van der Waals surface area contributed by atoms with Crippen molar-refractivity contribution in [2.45, 2.75) is 20.0 Å². The summed E-state index contributed by atoms with van der Waals surface area (Å²) in [4.78, 5) is 16.2. The van der Waals surface area contributed by atoms with Crippen LogP contribution in [0.3, 0.4) is 0 Å². The van der Waals surface area contributed by atoms with E-state index < -0.39 is 5.91 Å². The number of benzene rings is 1. The van der Waals surface area contributed by atoms with Crippen molar-refractivity contribution >= 4 is 22.6 Å². The Morgan fingerprint density at radius 1 is 1.45 bits per heavy atom. The minimum Gasteiger partial charge on any atom is -0.508 e. The van der Waals surface area contributed by atoms with Gasteiger partial charge in [0.1, 0.15) is 23.4 Å². The van der Waals surface area contributed by atoms with Crippen LogP contribution in [0.4, 0.5) is 5.13 Å². The molecule has 1 heterocycles. The molecule has 1 aromatic carbocycles. The first-order chi connectivity index (χ1) is 10.5. The van der Waals surface area contributed by atoms with Gasteiger partial charge in [0.05, 0.1) is 6.61 Å². The van der Waals surface area contributed by atoms with E-state index in [0.717, 1.165) is 11.5 Å². The molecule has 0 fully saturated rings. The smallest absolute Gasteiger partial charge is 0.257 e. The van der Waals surface area contributed by atoms with Crippen LogP contribution in [-0.2, 0) is 4.74 Å². The number of ether oxygens (including phenoxy) is 2. The molecule has 0 aliphatic heterocycles. The van der Waals surface area contributed by atoms with Crippen LogP contribution in [0.2, 0.25) is 0 Å². The van der Waals surface area contributed by atoms with E-state index in [9.17, 15) is 9.90 Å². The summed E-state index contributed by atoms with van der Waals surface area (Å²) in [6.45, 7) is 3.97. The molecule has 0 radical (unpaired) electrons. The second kappa shape index (κ2) is 7.19. The first kappa shape index (κ1) is 16.2. The number of amides is 1. The Bertz CT molecular complexity index is 659. The summed E-state index contributed by atoms with van der Waals surface area (Å²) >= 11 is 1.09. The Morgan fingerprint density at radius 2 is 2.23 bits per heavy atom. The molecular formula is C14H17N3O4S. The van der Waals surface area contributed by atoms with Crippen molar-refractivity contribution in [1.82, 2.24) is 9.36 Å². The van der Waals surface area contributed by atoms with E-state index in [1.807, 2.05) is 6.92 Å². The summed E-state index contributed by atoms with van der Waals surface area (Å²) in [7, 11) is 1.57. The average molecular weight is 323 g/mol. The zero-order valence-corrected chi connectivity index (χ0v) is 13.3. The fourth-order valence-electron chi connectivity index (χ4n) is 1.80. The van der Waals surface area contributed by atoms with Crippen LogP contribution < -0.4 is 10.1 Å². The highest BCUT2D eigenvalue weighted by Crippen LogP contribution is 2.24. The van der Waals surface area contributed by atoms with Crippen molar-refractivity contribution in [3.05, 3.63) is 29.6 Å². The monoisotopic (exact) mass is 323 g/mol. The molecule has 0 aliphatic rings. The van der Waals surface area contributed by atoms with E-state index >= 15 is 0 Å². The Hall–Kier alpha value is -2.19. The molecule has 7 nitrogen and oxygen atoms in total. The predicted molar refractivity (Wildman–Crippen MR) is 82.7 cm³/mol. The van der Waals surface area contributed by atoms with E-state index in [2.05, 4.69) is 14.7 Å². The molecule has 0 saturated heterocycles. The van der Waals surface area contributed by atoms with Crippen LogP contribution >= 0.6 is 11.5 Å². The van der Waals surface area contributed by atoms with Gasteiger partial charge in [-0.15, -0.1) is 0 Å². The lowest BCUT2D eigenvalue weighted by Crippen LogP contribution is -2.18.